The molecule has 0 aliphatic carbocycles. The van der Waals surface area contributed by atoms with Crippen LogP contribution in [0.1, 0.15) is 36.0 Å². The molecular formula is C15H21N3O2. The van der Waals surface area contributed by atoms with Crippen LogP contribution in [-0.2, 0) is 4.74 Å². The van der Waals surface area contributed by atoms with Gasteiger partial charge in [-0.05, 0) is 37.9 Å². The third kappa shape index (κ3) is 2.50. The second kappa shape index (κ2) is 5.79. The Morgan fingerprint density at radius 2 is 2.30 bits per heavy atom. The van der Waals surface area contributed by atoms with Crippen molar-refractivity contribution in [3.8, 4) is 0 Å². The number of fused-ring (bicyclic) bond motifs is 1. The van der Waals surface area contributed by atoms with Gasteiger partial charge in [0, 0.05) is 24.8 Å². The smallest absolute Gasteiger partial charge is 0.341 e. The minimum absolute atomic E-state index is 0.334. The van der Waals surface area contributed by atoms with Crippen molar-refractivity contribution in [2.45, 2.75) is 37.8 Å². The van der Waals surface area contributed by atoms with Gasteiger partial charge in [0.05, 0.1) is 7.11 Å². The van der Waals surface area contributed by atoms with E-state index in [0.717, 1.165) is 13.0 Å². The van der Waals surface area contributed by atoms with E-state index in [1.54, 1.807) is 18.3 Å². The first-order valence-electron chi connectivity index (χ1n) is 7.33. The van der Waals surface area contributed by atoms with Crippen molar-refractivity contribution < 1.29 is 9.53 Å². The first kappa shape index (κ1) is 13.4. The molecule has 2 aliphatic heterocycles. The Hall–Kier alpha value is -1.62. The molecule has 3 rings (SSSR count). The number of anilines is 1. The number of carbonyl (C=O) groups excluding carboxylic acids is 1. The number of rotatable bonds is 3. The number of esters is 1. The van der Waals surface area contributed by atoms with Gasteiger partial charge < -0.3 is 10.1 Å². The predicted octanol–water partition coefficient (Wildman–Crippen LogP) is 1.91. The maximum absolute atomic E-state index is 11.8. The van der Waals surface area contributed by atoms with Crippen LogP contribution in [0.3, 0.4) is 0 Å². The molecule has 0 bridgehead atoms. The van der Waals surface area contributed by atoms with Gasteiger partial charge in [0.25, 0.3) is 0 Å². The van der Waals surface area contributed by atoms with E-state index < -0.39 is 0 Å². The van der Waals surface area contributed by atoms with Gasteiger partial charge in [0.1, 0.15) is 11.4 Å². The summed E-state index contributed by atoms with van der Waals surface area (Å²) in [6.45, 7) is 2.34. The fourth-order valence-corrected chi connectivity index (χ4v) is 3.39. The van der Waals surface area contributed by atoms with Crippen LogP contribution >= 0.6 is 0 Å². The SMILES string of the molecule is COC(=O)c1cccnc1NC1CCN2CCCCC12. The third-order valence-electron chi connectivity index (χ3n) is 4.39. The van der Waals surface area contributed by atoms with E-state index in [9.17, 15) is 4.79 Å². The average molecular weight is 275 g/mol. The Balaban J connectivity index is 1.76. The molecule has 2 unspecified atom stereocenters. The molecule has 5 nitrogen and oxygen atoms in total. The number of ether oxygens (including phenoxy) is 1. The lowest BCUT2D eigenvalue weighted by atomic mass is 9.99. The van der Waals surface area contributed by atoms with Crippen LogP contribution in [0.4, 0.5) is 5.82 Å². The lowest BCUT2D eigenvalue weighted by molar-refractivity contribution is 0.0601. The van der Waals surface area contributed by atoms with Crippen LogP contribution in [0.5, 0.6) is 0 Å². The molecule has 0 saturated carbocycles. The van der Waals surface area contributed by atoms with Crippen LogP contribution in [0.2, 0.25) is 0 Å². The molecule has 1 aromatic rings. The zero-order valence-corrected chi connectivity index (χ0v) is 11.8. The van der Waals surface area contributed by atoms with Crippen molar-refractivity contribution in [3.05, 3.63) is 23.9 Å². The Kier molecular flexibility index (Phi) is 3.87. The fourth-order valence-electron chi connectivity index (χ4n) is 3.39. The first-order chi connectivity index (χ1) is 9.79. The highest BCUT2D eigenvalue weighted by atomic mass is 16.5. The number of hydrogen-bond acceptors (Lipinski definition) is 5. The normalized spacial score (nSPS) is 26.1. The van der Waals surface area contributed by atoms with Crippen LogP contribution in [0.25, 0.3) is 0 Å². The molecule has 2 fully saturated rings. The van der Waals surface area contributed by atoms with Crippen LogP contribution < -0.4 is 5.32 Å². The largest absolute Gasteiger partial charge is 0.465 e. The number of aromatic nitrogens is 1. The van der Waals surface area contributed by atoms with E-state index in [-0.39, 0.29) is 5.97 Å². The molecule has 0 aromatic carbocycles. The van der Waals surface area contributed by atoms with E-state index in [4.69, 9.17) is 4.74 Å². The average Bonchev–Trinajstić information content (AvgIpc) is 2.90. The molecule has 2 saturated heterocycles. The van der Waals surface area contributed by atoms with Gasteiger partial charge in [-0.25, -0.2) is 9.78 Å². The monoisotopic (exact) mass is 275 g/mol. The highest BCUT2D eigenvalue weighted by Gasteiger charge is 2.36. The molecule has 0 amide bonds. The van der Waals surface area contributed by atoms with Gasteiger partial charge in [-0.1, -0.05) is 6.42 Å². The molecule has 2 atom stereocenters. The van der Waals surface area contributed by atoms with E-state index in [1.165, 1.54) is 32.9 Å². The molecule has 1 aromatic heterocycles. The summed E-state index contributed by atoms with van der Waals surface area (Å²) in [5.41, 5.74) is 0.518. The highest BCUT2D eigenvalue weighted by Crippen LogP contribution is 2.29. The zero-order valence-electron chi connectivity index (χ0n) is 11.8. The molecule has 5 heteroatoms. The molecule has 2 aliphatic rings. The molecular weight excluding hydrogens is 254 g/mol. The summed E-state index contributed by atoms with van der Waals surface area (Å²) < 4.78 is 4.82. The van der Waals surface area contributed by atoms with E-state index in [1.807, 2.05) is 0 Å². The predicted molar refractivity (Wildman–Crippen MR) is 76.8 cm³/mol. The lowest BCUT2D eigenvalue weighted by Gasteiger charge is -2.32. The maximum Gasteiger partial charge on any atom is 0.341 e. The second-order valence-corrected chi connectivity index (χ2v) is 5.53. The summed E-state index contributed by atoms with van der Waals surface area (Å²) in [7, 11) is 1.40. The van der Waals surface area contributed by atoms with Crippen molar-refractivity contribution >= 4 is 11.8 Å². The van der Waals surface area contributed by atoms with Crippen molar-refractivity contribution in [2.75, 3.05) is 25.5 Å². The van der Waals surface area contributed by atoms with Crippen molar-refractivity contribution in [2.24, 2.45) is 0 Å². The van der Waals surface area contributed by atoms with Crippen molar-refractivity contribution in [1.82, 2.24) is 9.88 Å². The molecule has 20 heavy (non-hydrogen) atoms. The lowest BCUT2D eigenvalue weighted by Crippen LogP contribution is -2.42. The van der Waals surface area contributed by atoms with E-state index in [0.29, 0.717) is 23.5 Å². The quantitative estimate of drug-likeness (QED) is 0.854. The number of nitrogens with one attached hydrogen (secondary N) is 1. The molecule has 1 N–H and O–H groups in total. The number of piperidine rings is 1. The Labute approximate surface area is 119 Å². The zero-order chi connectivity index (χ0) is 13.9. The Bertz CT molecular complexity index is 492. The van der Waals surface area contributed by atoms with Crippen LogP contribution in [-0.4, -0.2) is 48.1 Å². The summed E-state index contributed by atoms with van der Waals surface area (Å²) in [4.78, 5) is 18.7. The van der Waals surface area contributed by atoms with Gasteiger partial charge in [-0.15, -0.1) is 0 Å². The van der Waals surface area contributed by atoms with Gasteiger partial charge in [0.2, 0.25) is 0 Å². The molecule has 0 spiro atoms. The minimum atomic E-state index is -0.334. The standard InChI is InChI=1S/C15H21N3O2/c1-20-15(19)11-5-4-8-16-14(11)17-12-7-10-18-9-3-2-6-13(12)18/h4-5,8,12-13H,2-3,6-7,9-10H2,1H3,(H,16,17). The topological polar surface area (TPSA) is 54.5 Å². The molecule has 0 radical (unpaired) electrons. The number of nitrogens with zero attached hydrogens (tertiary/aromatic N) is 2. The van der Waals surface area contributed by atoms with Crippen LogP contribution in [0.15, 0.2) is 18.3 Å². The van der Waals surface area contributed by atoms with Gasteiger partial charge in [-0.2, -0.15) is 0 Å². The van der Waals surface area contributed by atoms with Crippen molar-refractivity contribution in [3.63, 3.8) is 0 Å². The summed E-state index contributed by atoms with van der Waals surface area (Å²) >= 11 is 0. The van der Waals surface area contributed by atoms with Crippen molar-refractivity contribution in [1.29, 1.82) is 0 Å². The maximum atomic E-state index is 11.8. The third-order valence-corrected chi connectivity index (χ3v) is 4.39. The first-order valence-corrected chi connectivity index (χ1v) is 7.33. The van der Waals surface area contributed by atoms with Gasteiger partial charge >= 0.3 is 5.97 Å². The highest BCUT2D eigenvalue weighted by molar-refractivity contribution is 5.94. The summed E-state index contributed by atoms with van der Waals surface area (Å²) in [5, 5.41) is 3.47. The van der Waals surface area contributed by atoms with E-state index in [2.05, 4.69) is 15.2 Å². The number of carbonyl (C=O) groups is 1. The number of hydrogen-bond donors (Lipinski definition) is 1. The minimum Gasteiger partial charge on any atom is -0.465 e. The number of pyridine rings is 1. The molecule has 108 valence electrons. The Morgan fingerprint density at radius 1 is 1.40 bits per heavy atom. The van der Waals surface area contributed by atoms with Crippen LogP contribution in [0, 0.1) is 0 Å². The number of methoxy groups -OCH3 is 1. The second-order valence-electron chi connectivity index (χ2n) is 5.53. The van der Waals surface area contributed by atoms with Gasteiger partial charge in [-0.3, -0.25) is 4.90 Å². The summed E-state index contributed by atoms with van der Waals surface area (Å²) in [6.07, 6.45) is 6.66. The Morgan fingerprint density at radius 3 is 3.15 bits per heavy atom. The fraction of sp³-hybridized carbons (Fsp3) is 0.600. The summed E-state index contributed by atoms with van der Waals surface area (Å²) in [5.74, 6) is 0.316. The van der Waals surface area contributed by atoms with Gasteiger partial charge in [0.15, 0.2) is 0 Å². The van der Waals surface area contributed by atoms with E-state index >= 15 is 0 Å². The molecule has 3 heterocycles. The summed E-state index contributed by atoms with van der Waals surface area (Å²) in [6, 6.07) is 4.48.